The normalized spacial score (nSPS) is 32.5. The average molecular weight is 156 g/mol. The zero-order chi connectivity index (χ0) is 8.27. The molecule has 1 fully saturated rings. The van der Waals surface area contributed by atoms with E-state index in [1.54, 1.807) is 0 Å². The van der Waals surface area contributed by atoms with Crippen molar-refractivity contribution >= 4 is 6.71 Å². The second-order valence-corrected chi connectivity index (χ2v) is 3.85. The van der Waals surface area contributed by atoms with Crippen LogP contribution in [0.15, 0.2) is 0 Å². The van der Waals surface area contributed by atoms with E-state index in [-0.39, 0.29) is 0 Å². The van der Waals surface area contributed by atoms with Gasteiger partial charge in [-0.15, -0.1) is 0 Å². The monoisotopic (exact) mass is 156 g/mol. The standard InChI is InChI=1S/C8H17BO2/c1-7-4-3-5-8(2)9(7)6-11-10/h7-8,10H,3-6H2,1-2H3. The van der Waals surface area contributed by atoms with E-state index in [1.807, 2.05) is 0 Å². The topological polar surface area (TPSA) is 29.5 Å². The van der Waals surface area contributed by atoms with Gasteiger partial charge in [0.05, 0.1) is 6.51 Å². The Labute approximate surface area is 68.9 Å². The molecule has 0 saturated carbocycles. The maximum Gasteiger partial charge on any atom is 0.181 e. The van der Waals surface area contributed by atoms with Crippen molar-refractivity contribution in [1.82, 2.24) is 0 Å². The van der Waals surface area contributed by atoms with Crippen molar-refractivity contribution in [1.29, 1.82) is 0 Å². The molecule has 2 unspecified atom stereocenters. The summed E-state index contributed by atoms with van der Waals surface area (Å²) in [6.45, 7) is 5.58. The molecule has 2 nitrogen and oxygen atoms in total. The first-order chi connectivity index (χ1) is 5.25. The van der Waals surface area contributed by atoms with Crippen LogP contribution in [0.5, 0.6) is 0 Å². The van der Waals surface area contributed by atoms with Gasteiger partial charge in [0, 0.05) is 0 Å². The molecular weight excluding hydrogens is 139 g/mol. The van der Waals surface area contributed by atoms with E-state index in [0.29, 0.717) is 24.9 Å². The van der Waals surface area contributed by atoms with Gasteiger partial charge in [0.1, 0.15) is 0 Å². The van der Waals surface area contributed by atoms with E-state index < -0.39 is 0 Å². The van der Waals surface area contributed by atoms with Gasteiger partial charge in [-0.2, -0.15) is 0 Å². The molecule has 1 rings (SSSR count). The lowest BCUT2D eigenvalue weighted by molar-refractivity contribution is -0.226. The quantitative estimate of drug-likeness (QED) is 0.378. The van der Waals surface area contributed by atoms with Gasteiger partial charge in [-0.05, 0) is 0 Å². The molecule has 11 heavy (non-hydrogen) atoms. The van der Waals surface area contributed by atoms with Gasteiger partial charge in [0.2, 0.25) is 0 Å². The van der Waals surface area contributed by atoms with Crippen LogP contribution in [0.2, 0.25) is 11.6 Å². The van der Waals surface area contributed by atoms with Crippen molar-refractivity contribution in [2.75, 3.05) is 6.51 Å². The van der Waals surface area contributed by atoms with E-state index in [0.717, 1.165) is 0 Å². The van der Waals surface area contributed by atoms with Crippen molar-refractivity contribution in [3.05, 3.63) is 0 Å². The molecule has 1 N–H and O–H groups in total. The summed E-state index contributed by atoms with van der Waals surface area (Å²) in [5.41, 5.74) is 0. The summed E-state index contributed by atoms with van der Waals surface area (Å²) in [6, 6.07) is 0. The van der Waals surface area contributed by atoms with Crippen LogP contribution in [-0.4, -0.2) is 18.5 Å². The van der Waals surface area contributed by atoms with Crippen LogP contribution in [0.3, 0.4) is 0 Å². The molecule has 0 radical (unpaired) electrons. The van der Waals surface area contributed by atoms with Crippen molar-refractivity contribution in [3.8, 4) is 0 Å². The SMILES string of the molecule is CC1CCCC(C)B1COO. The molecule has 2 atom stereocenters. The van der Waals surface area contributed by atoms with Gasteiger partial charge in [-0.3, -0.25) is 5.26 Å². The van der Waals surface area contributed by atoms with Gasteiger partial charge in [-0.1, -0.05) is 44.7 Å². The van der Waals surface area contributed by atoms with Crippen LogP contribution < -0.4 is 0 Å². The van der Waals surface area contributed by atoms with E-state index in [1.165, 1.54) is 19.3 Å². The molecule has 0 bridgehead atoms. The van der Waals surface area contributed by atoms with Crippen LogP contribution in [-0.2, 0) is 4.89 Å². The van der Waals surface area contributed by atoms with Crippen LogP contribution in [0, 0.1) is 0 Å². The zero-order valence-electron chi connectivity index (χ0n) is 7.42. The van der Waals surface area contributed by atoms with Crippen molar-refractivity contribution < 1.29 is 10.1 Å². The minimum absolute atomic E-state index is 0.516. The Bertz CT molecular complexity index is 109. The lowest BCUT2D eigenvalue weighted by Gasteiger charge is -2.30. The zero-order valence-corrected chi connectivity index (χ0v) is 7.42. The molecule has 0 aliphatic carbocycles. The smallest absolute Gasteiger partial charge is 0.181 e. The Morgan fingerprint density at radius 1 is 1.36 bits per heavy atom. The van der Waals surface area contributed by atoms with E-state index in [4.69, 9.17) is 5.26 Å². The van der Waals surface area contributed by atoms with Crippen LogP contribution in [0.25, 0.3) is 0 Å². The fourth-order valence-corrected chi connectivity index (χ4v) is 2.17. The van der Waals surface area contributed by atoms with E-state index >= 15 is 0 Å². The second-order valence-electron chi connectivity index (χ2n) is 3.85. The fourth-order valence-electron chi connectivity index (χ4n) is 2.17. The summed E-state index contributed by atoms with van der Waals surface area (Å²) in [6.07, 6.45) is 3.92. The van der Waals surface area contributed by atoms with Gasteiger partial charge in [-0.25, -0.2) is 4.89 Å². The van der Waals surface area contributed by atoms with Crippen molar-refractivity contribution in [2.24, 2.45) is 0 Å². The Hall–Kier alpha value is -0.0151. The van der Waals surface area contributed by atoms with Crippen LogP contribution in [0.4, 0.5) is 0 Å². The number of hydrogen-bond acceptors (Lipinski definition) is 2. The summed E-state index contributed by atoms with van der Waals surface area (Å²) < 4.78 is 0. The molecule has 0 aromatic carbocycles. The molecule has 1 heterocycles. The third kappa shape index (κ3) is 2.21. The molecular formula is C8H17BO2. The van der Waals surface area contributed by atoms with Crippen molar-refractivity contribution in [2.45, 2.75) is 44.7 Å². The van der Waals surface area contributed by atoms with Crippen molar-refractivity contribution in [3.63, 3.8) is 0 Å². The maximum atomic E-state index is 8.35. The highest BCUT2D eigenvalue weighted by molar-refractivity contribution is 6.62. The third-order valence-corrected chi connectivity index (χ3v) is 3.05. The summed E-state index contributed by atoms with van der Waals surface area (Å²) >= 11 is 0. The molecule has 0 aromatic heterocycles. The summed E-state index contributed by atoms with van der Waals surface area (Å²) in [5, 5.41) is 8.35. The molecule has 0 amide bonds. The molecule has 3 heteroatoms. The highest BCUT2D eigenvalue weighted by atomic mass is 17.1. The summed E-state index contributed by atoms with van der Waals surface area (Å²) in [5.74, 6) is 1.43. The summed E-state index contributed by atoms with van der Waals surface area (Å²) in [4.78, 5) is 4.22. The first-order valence-electron chi connectivity index (χ1n) is 4.52. The van der Waals surface area contributed by atoms with Gasteiger partial charge < -0.3 is 0 Å². The van der Waals surface area contributed by atoms with Gasteiger partial charge >= 0.3 is 0 Å². The maximum absolute atomic E-state index is 8.35. The Kier molecular flexibility index (Phi) is 3.40. The molecule has 1 aliphatic heterocycles. The molecule has 64 valence electrons. The molecule has 1 aliphatic rings. The van der Waals surface area contributed by atoms with Gasteiger partial charge in [0.15, 0.2) is 6.71 Å². The Morgan fingerprint density at radius 3 is 2.36 bits per heavy atom. The minimum atomic E-state index is 0.516. The van der Waals surface area contributed by atoms with E-state index in [9.17, 15) is 0 Å². The highest BCUT2D eigenvalue weighted by Gasteiger charge is 2.31. The minimum Gasteiger partial charge on any atom is -0.253 e. The summed E-state index contributed by atoms with van der Waals surface area (Å²) in [7, 11) is 0. The third-order valence-electron chi connectivity index (χ3n) is 3.05. The van der Waals surface area contributed by atoms with E-state index in [2.05, 4.69) is 18.7 Å². The molecule has 0 spiro atoms. The second kappa shape index (κ2) is 4.12. The molecule has 1 saturated heterocycles. The Balaban J connectivity index is 2.41. The fraction of sp³-hybridized carbons (Fsp3) is 1.00. The lowest BCUT2D eigenvalue weighted by Crippen LogP contribution is -2.33. The largest absolute Gasteiger partial charge is 0.253 e. The van der Waals surface area contributed by atoms with Gasteiger partial charge in [0.25, 0.3) is 0 Å². The average Bonchev–Trinajstić information content (AvgIpc) is 1.97. The number of rotatable bonds is 2. The van der Waals surface area contributed by atoms with Crippen LogP contribution >= 0.6 is 0 Å². The highest BCUT2D eigenvalue weighted by Crippen LogP contribution is 2.35. The first kappa shape index (κ1) is 9.08. The number of hydrogen-bond donors (Lipinski definition) is 1. The molecule has 0 aromatic rings. The lowest BCUT2D eigenvalue weighted by atomic mass is 9.32. The van der Waals surface area contributed by atoms with Crippen LogP contribution in [0.1, 0.15) is 33.1 Å². The Morgan fingerprint density at radius 2 is 1.91 bits per heavy atom. The predicted molar refractivity (Wildman–Crippen MR) is 47.0 cm³/mol. The first-order valence-corrected chi connectivity index (χ1v) is 4.52. The predicted octanol–water partition coefficient (Wildman–Crippen LogP) is 2.47.